The minimum atomic E-state index is -3.41. The Balaban J connectivity index is 3.03. The van der Waals surface area contributed by atoms with Crippen LogP contribution in [0.5, 0.6) is 5.75 Å². The second-order valence-corrected chi connectivity index (χ2v) is 7.57. The summed E-state index contributed by atoms with van der Waals surface area (Å²) in [6.45, 7) is 6.87. The molecule has 0 fully saturated rings. The summed E-state index contributed by atoms with van der Waals surface area (Å²) in [5, 5.41) is 0. The van der Waals surface area contributed by atoms with Crippen molar-refractivity contribution in [1.82, 2.24) is 0 Å². The number of hydrogen-bond donors (Lipinski definition) is 0. The van der Waals surface area contributed by atoms with Gasteiger partial charge in [0.25, 0.3) is 0 Å². The monoisotopic (exact) mass is 324 g/mol. The predicted octanol–water partition coefficient (Wildman–Crippen LogP) is 3.40. The molecule has 0 atom stereocenters. The van der Waals surface area contributed by atoms with Crippen molar-refractivity contribution in [2.45, 2.75) is 45.4 Å². The van der Waals surface area contributed by atoms with Crippen LogP contribution in [0.3, 0.4) is 0 Å². The Labute approximate surface area is 133 Å². The quantitative estimate of drug-likeness (QED) is 0.721. The van der Waals surface area contributed by atoms with Crippen LogP contribution < -0.4 is 4.74 Å². The van der Waals surface area contributed by atoms with E-state index in [9.17, 15) is 13.2 Å². The summed E-state index contributed by atoms with van der Waals surface area (Å²) in [6.07, 6.45) is 2.85. The number of ether oxygens (including phenoxy) is 1. The maximum absolute atomic E-state index is 12.6. The summed E-state index contributed by atoms with van der Waals surface area (Å²) >= 11 is 0. The zero-order chi connectivity index (χ0) is 16.9. The first-order valence-electron chi connectivity index (χ1n) is 7.20. The lowest BCUT2D eigenvalue weighted by Gasteiger charge is -2.13. The molecule has 0 amide bonds. The zero-order valence-corrected chi connectivity index (χ0v) is 14.7. The lowest BCUT2D eigenvalue weighted by Crippen LogP contribution is -2.11. The first kappa shape index (κ1) is 18.4. The minimum absolute atomic E-state index is 0.0289. The zero-order valence-electron chi connectivity index (χ0n) is 13.9. The molecule has 0 spiro atoms. The predicted molar refractivity (Wildman–Crippen MR) is 88.2 cm³/mol. The van der Waals surface area contributed by atoms with Gasteiger partial charge in [-0.2, -0.15) is 0 Å². The van der Waals surface area contributed by atoms with E-state index >= 15 is 0 Å². The summed E-state index contributed by atoms with van der Waals surface area (Å²) < 4.78 is 30.4. The Morgan fingerprint density at radius 1 is 1.18 bits per heavy atom. The fraction of sp³-hybridized carbons (Fsp3) is 0.471. The first-order chi connectivity index (χ1) is 10.2. The van der Waals surface area contributed by atoms with Crippen molar-refractivity contribution < 1.29 is 17.9 Å². The van der Waals surface area contributed by atoms with Crippen molar-refractivity contribution in [3.8, 4) is 5.75 Å². The largest absolute Gasteiger partial charge is 0.497 e. The standard InChI is InChI=1S/C17H24O4S/c1-12(7-6-8-15(4)18)11-22(19,20)17-13(2)9-16(21-5)10-14(17)3/h7,9-10H,6,8,11H2,1-5H3/b12-7+. The summed E-state index contributed by atoms with van der Waals surface area (Å²) in [5.74, 6) is 0.732. The molecule has 0 aromatic heterocycles. The van der Waals surface area contributed by atoms with E-state index in [0.29, 0.717) is 34.6 Å². The second kappa shape index (κ2) is 7.58. The normalized spacial score (nSPS) is 12.3. The molecule has 0 heterocycles. The molecule has 4 nitrogen and oxygen atoms in total. The van der Waals surface area contributed by atoms with Crippen molar-refractivity contribution in [1.29, 1.82) is 0 Å². The Morgan fingerprint density at radius 3 is 2.18 bits per heavy atom. The number of methoxy groups -OCH3 is 1. The van der Waals surface area contributed by atoms with Crippen molar-refractivity contribution in [2.24, 2.45) is 0 Å². The number of hydrogen-bond acceptors (Lipinski definition) is 4. The van der Waals surface area contributed by atoms with Gasteiger partial charge in [0.15, 0.2) is 9.84 Å². The van der Waals surface area contributed by atoms with Crippen LogP contribution in [0.25, 0.3) is 0 Å². The van der Waals surface area contributed by atoms with Gasteiger partial charge in [-0.3, -0.25) is 0 Å². The van der Waals surface area contributed by atoms with Crippen LogP contribution in [0.2, 0.25) is 0 Å². The highest BCUT2D eigenvalue weighted by molar-refractivity contribution is 7.91. The number of carbonyl (C=O) groups excluding carboxylic acids is 1. The topological polar surface area (TPSA) is 60.4 Å². The van der Waals surface area contributed by atoms with Crippen molar-refractivity contribution in [3.63, 3.8) is 0 Å². The number of benzene rings is 1. The average molecular weight is 324 g/mol. The van der Waals surface area contributed by atoms with Gasteiger partial charge < -0.3 is 9.53 Å². The van der Waals surface area contributed by atoms with Gasteiger partial charge in [-0.1, -0.05) is 11.6 Å². The maximum atomic E-state index is 12.6. The third-order valence-corrected chi connectivity index (χ3v) is 5.49. The molecule has 0 saturated heterocycles. The minimum Gasteiger partial charge on any atom is -0.497 e. The first-order valence-corrected chi connectivity index (χ1v) is 8.85. The van der Waals surface area contributed by atoms with Gasteiger partial charge in [0.1, 0.15) is 11.5 Å². The lowest BCUT2D eigenvalue weighted by molar-refractivity contribution is -0.116. The van der Waals surface area contributed by atoms with Gasteiger partial charge in [-0.05, 0) is 57.4 Å². The fourth-order valence-electron chi connectivity index (χ4n) is 2.47. The van der Waals surface area contributed by atoms with E-state index in [1.165, 1.54) is 6.92 Å². The van der Waals surface area contributed by atoms with Gasteiger partial charge in [-0.15, -0.1) is 0 Å². The van der Waals surface area contributed by atoms with Crippen LogP contribution in [0.1, 0.15) is 37.8 Å². The number of allylic oxidation sites excluding steroid dienone is 1. The SMILES string of the molecule is COc1cc(C)c(S(=O)(=O)C/C(C)=C/CCC(C)=O)c(C)c1. The van der Waals surface area contributed by atoms with Crippen molar-refractivity contribution in [2.75, 3.05) is 12.9 Å². The average Bonchev–Trinajstić information content (AvgIpc) is 2.35. The number of carbonyl (C=O) groups is 1. The van der Waals surface area contributed by atoms with E-state index < -0.39 is 9.84 Å². The molecule has 1 aromatic carbocycles. The molecule has 1 aromatic rings. The van der Waals surface area contributed by atoms with E-state index in [0.717, 1.165) is 5.57 Å². The van der Waals surface area contributed by atoms with Crippen molar-refractivity contribution >= 4 is 15.6 Å². The van der Waals surface area contributed by atoms with Crippen LogP contribution >= 0.6 is 0 Å². The molecule has 0 saturated carbocycles. The molecule has 5 heteroatoms. The van der Waals surface area contributed by atoms with Crippen LogP contribution in [-0.2, 0) is 14.6 Å². The Kier molecular flexibility index (Phi) is 6.35. The molecule has 0 aliphatic carbocycles. The summed E-state index contributed by atoms with van der Waals surface area (Å²) in [7, 11) is -1.85. The summed E-state index contributed by atoms with van der Waals surface area (Å²) in [5.41, 5.74) is 2.14. The van der Waals surface area contributed by atoms with Gasteiger partial charge in [-0.25, -0.2) is 8.42 Å². The number of ketones is 1. The Morgan fingerprint density at radius 2 is 1.73 bits per heavy atom. The smallest absolute Gasteiger partial charge is 0.182 e. The Bertz CT molecular complexity index is 662. The lowest BCUT2D eigenvalue weighted by atomic mass is 10.1. The van der Waals surface area contributed by atoms with Gasteiger partial charge in [0, 0.05) is 6.42 Å². The van der Waals surface area contributed by atoms with Crippen LogP contribution in [0.15, 0.2) is 28.7 Å². The van der Waals surface area contributed by atoms with Crippen LogP contribution in [-0.4, -0.2) is 27.1 Å². The highest BCUT2D eigenvalue weighted by Crippen LogP contribution is 2.27. The molecule has 0 aliphatic heterocycles. The number of sulfone groups is 1. The van der Waals surface area contributed by atoms with Crippen LogP contribution in [0.4, 0.5) is 0 Å². The summed E-state index contributed by atoms with van der Waals surface area (Å²) in [6, 6.07) is 3.46. The summed E-state index contributed by atoms with van der Waals surface area (Å²) in [4.78, 5) is 11.3. The molecule has 0 aliphatic rings. The van der Waals surface area contributed by atoms with Crippen molar-refractivity contribution in [3.05, 3.63) is 34.9 Å². The van der Waals surface area contributed by atoms with E-state index in [4.69, 9.17) is 4.74 Å². The molecule has 0 N–H and O–H groups in total. The molecule has 0 unspecified atom stereocenters. The third kappa shape index (κ3) is 4.98. The highest BCUT2D eigenvalue weighted by Gasteiger charge is 2.21. The molecular formula is C17H24O4S. The van der Waals surface area contributed by atoms with Gasteiger partial charge in [0.05, 0.1) is 17.8 Å². The number of aryl methyl sites for hydroxylation is 2. The molecule has 0 bridgehead atoms. The molecular weight excluding hydrogens is 300 g/mol. The molecule has 122 valence electrons. The van der Waals surface area contributed by atoms with E-state index in [2.05, 4.69) is 0 Å². The Hall–Kier alpha value is -1.62. The van der Waals surface area contributed by atoms with Gasteiger partial charge in [0.2, 0.25) is 0 Å². The van der Waals surface area contributed by atoms with E-state index in [1.54, 1.807) is 40.0 Å². The highest BCUT2D eigenvalue weighted by atomic mass is 32.2. The van der Waals surface area contributed by atoms with Gasteiger partial charge >= 0.3 is 0 Å². The second-order valence-electron chi connectivity index (χ2n) is 5.64. The maximum Gasteiger partial charge on any atom is 0.182 e. The molecule has 22 heavy (non-hydrogen) atoms. The number of rotatable bonds is 7. The molecule has 1 rings (SSSR count). The van der Waals surface area contributed by atoms with E-state index in [1.807, 2.05) is 6.08 Å². The third-order valence-electron chi connectivity index (χ3n) is 3.39. The molecule has 0 radical (unpaired) electrons. The fourth-order valence-corrected chi connectivity index (χ4v) is 4.43. The number of Topliss-reactive ketones (excluding diaryl/α,β-unsaturated/α-hetero) is 1. The van der Waals surface area contributed by atoms with Crippen LogP contribution in [0, 0.1) is 13.8 Å². The van der Waals surface area contributed by atoms with E-state index in [-0.39, 0.29) is 11.5 Å².